The molecule has 2 aromatic carbocycles. The summed E-state index contributed by atoms with van der Waals surface area (Å²) in [5, 5.41) is 9.50. The molecule has 0 bridgehead atoms. The molecule has 0 atom stereocenters. The molecule has 0 unspecified atom stereocenters. The highest BCUT2D eigenvalue weighted by Gasteiger charge is 2.18. The fraction of sp³-hybridized carbons (Fsp3) is 0.200. The summed E-state index contributed by atoms with van der Waals surface area (Å²) in [5.41, 5.74) is 3.11. The molecule has 1 aliphatic rings. The van der Waals surface area contributed by atoms with Crippen LogP contribution in [0.25, 0.3) is 0 Å². The van der Waals surface area contributed by atoms with Crippen LogP contribution in [0.2, 0.25) is 0 Å². The van der Waals surface area contributed by atoms with Gasteiger partial charge in [0, 0.05) is 24.5 Å². The van der Waals surface area contributed by atoms with Gasteiger partial charge in [-0.05, 0) is 36.4 Å². The Balaban J connectivity index is 1.45. The Morgan fingerprint density at radius 3 is 2.74 bits per heavy atom. The summed E-state index contributed by atoms with van der Waals surface area (Å²) in [5.74, 6) is 1.51. The Hall–Kier alpha value is -3.32. The molecular formula is C20H21N5O2. The number of imidazole rings is 1. The van der Waals surface area contributed by atoms with E-state index in [-0.39, 0.29) is 5.91 Å². The Morgan fingerprint density at radius 2 is 1.93 bits per heavy atom. The quantitative estimate of drug-likeness (QED) is 0.649. The molecule has 0 aliphatic carbocycles. The van der Waals surface area contributed by atoms with E-state index in [0.717, 1.165) is 41.7 Å². The molecule has 7 heteroatoms. The maximum absolute atomic E-state index is 12.6. The van der Waals surface area contributed by atoms with Crippen molar-refractivity contribution in [2.45, 2.75) is 13.1 Å². The first-order valence-electron chi connectivity index (χ1n) is 8.81. The molecule has 0 spiro atoms. The average molecular weight is 363 g/mol. The second kappa shape index (κ2) is 7.51. The van der Waals surface area contributed by atoms with Crippen molar-refractivity contribution in [3.63, 3.8) is 0 Å². The topological polar surface area (TPSA) is 80.2 Å². The van der Waals surface area contributed by atoms with E-state index in [4.69, 9.17) is 4.74 Å². The summed E-state index contributed by atoms with van der Waals surface area (Å²) in [4.78, 5) is 16.9. The number of hydrogen-bond acceptors (Lipinski definition) is 5. The first-order valence-corrected chi connectivity index (χ1v) is 8.81. The number of nitrogens with one attached hydrogen (secondary N) is 3. The summed E-state index contributed by atoms with van der Waals surface area (Å²) in [6.07, 6.45) is 1.63. The van der Waals surface area contributed by atoms with Crippen molar-refractivity contribution in [2.75, 3.05) is 24.3 Å². The molecular weight excluding hydrogens is 342 g/mol. The van der Waals surface area contributed by atoms with E-state index < -0.39 is 0 Å². The van der Waals surface area contributed by atoms with Gasteiger partial charge < -0.3 is 25.3 Å². The Labute approximate surface area is 157 Å². The Kier molecular flexibility index (Phi) is 4.76. The third-order valence-electron chi connectivity index (χ3n) is 4.49. The summed E-state index contributed by atoms with van der Waals surface area (Å²) >= 11 is 0. The second-order valence-corrected chi connectivity index (χ2v) is 6.24. The first kappa shape index (κ1) is 17.1. The molecule has 1 amide bonds. The zero-order valence-electron chi connectivity index (χ0n) is 15.0. The summed E-state index contributed by atoms with van der Waals surface area (Å²) in [6.45, 7) is 2.28. The van der Waals surface area contributed by atoms with Gasteiger partial charge in [-0.2, -0.15) is 0 Å². The van der Waals surface area contributed by atoms with Crippen molar-refractivity contribution in [3.05, 3.63) is 66.2 Å². The van der Waals surface area contributed by atoms with Crippen LogP contribution in [0.1, 0.15) is 16.3 Å². The molecule has 4 rings (SSSR count). The van der Waals surface area contributed by atoms with Crippen LogP contribution >= 0.6 is 0 Å². The smallest absolute Gasteiger partial charge is 0.273 e. The van der Waals surface area contributed by atoms with E-state index in [0.29, 0.717) is 12.2 Å². The summed E-state index contributed by atoms with van der Waals surface area (Å²) in [6, 6.07) is 15.3. The molecule has 27 heavy (non-hydrogen) atoms. The molecule has 2 heterocycles. The average Bonchev–Trinajstić information content (AvgIpc) is 3.14. The number of benzene rings is 2. The zero-order chi connectivity index (χ0) is 18.6. The van der Waals surface area contributed by atoms with Gasteiger partial charge in [0.1, 0.15) is 17.3 Å². The normalized spacial score (nSPS) is 12.9. The number of ether oxygens (including phenoxy) is 1. The minimum absolute atomic E-state index is 0.152. The van der Waals surface area contributed by atoms with Gasteiger partial charge in [-0.25, -0.2) is 4.98 Å². The van der Waals surface area contributed by atoms with Crippen molar-refractivity contribution in [1.82, 2.24) is 14.9 Å². The van der Waals surface area contributed by atoms with E-state index >= 15 is 0 Å². The number of para-hydroxylation sites is 2. The number of carbonyl (C=O) groups excluding carboxylic acids is 1. The molecule has 1 aliphatic heterocycles. The van der Waals surface area contributed by atoms with Gasteiger partial charge in [0.05, 0.1) is 25.5 Å². The van der Waals surface area contributed by atoms with Crippen LogP contribution in [0.3, 0.4) is 0 Å². The van der Waals surface area contributed by atoms with Crippen molar-refractivity contribution in [2.24, 2.45) is 0 Å². The van der Waals surface area contributed by atoms with Crippen LogP contribution < -0.4 is 20.7 Å². The monoisotopic (exact) mass is 363 g/mol. The lowest BCUT2D eigenvalue weighted by Crippen LogP contribution is -2.30. The van der Waals surface area contributed by atoms with E-state index in [2.05, 4.69) is 20.9 Å². The number of anilines is 3. The number of methoxy groups -OCH3 is 1. The summed E-state index contributed by atoms with van der Waals surface area (Å²) in [7, 11) is 1.64. The highest BCUT2D eigenvalue weighted by molar-refractivity contribution is 6.03. The predicted octanol–water partition coefficient (Wildman–Crippen LogP) is 2.99. The van der Waals surface area contributed by atoms with Crippen LogP contribution in [0.4, 0.5) is 17.1 Å². The van der Waals surface area contributed by atoms with Crippen LogP contribution in [0.5, 0.6) is 5.75 Å². The van der Waals surface area contributed by atoms with Crippen LogP contribution in [-0.2, 0) is 13.1 Å². The van der Waals surface area contributed by atoms with Crippen LogP contribution in [0.15, 0.2) is 54.7 Å². The molecule has 3 N–H and O–H groups in total. The lowest BCUT2D eigenvalue weighted by Gasteiger charge is -2.17. The molecule has 0 saturated heterocycles. The molecule has 1 aromatic heterocycles. The lowest BCUT2D eigenvalue weighted by atomic mass is 10.2. The fourth-order valence-corrected chi connectivity index (χ4v) is 3.11. The fourth-order valence-electron chi connectivity index (χ4n) is 3.11. The van der Waals surface area contributed by atoms with E-state index in [1.807, 2.05) is 53.1 Å². The maximum atomic E-state index is 12.6. The van der Waals surface area contributed by atoms with Crippen molar-refractivity contribution < 1.29 is 9.53 Å². The highest BCUT2D eigenvalue weighted by Crippen LogP contribution is 2.27. The number of nitrogens with zero attached hydrogens (tertiary/aromatic N) is 2. The van der Waals surface area contributed by atoms with E-state index in [9.17, 15) is 4.79 Å². The van der Waals surface area contributed by atoms with Gasteiger partial charge in [0.15, 0.2) is 0 Å². The van der Waals surface area contributed by atoms with Gasteiger partial charge in [0.25, 0.3) is 5.91 Å². The predicted molar refractivity (Wildman–Crippen MR) is 105 cm³/mol. The van der Waals surface area contributed by atoms with Gasteiger partial charge in [0.2, 0.25) is 0 Å². The number of rotatable bonds is 5. The van der Waals surface area contributed by atoms with Crippen molar-refractivity contribution in [1.29, 1.82) is 0 Å². The SMILES string of the molecule is COc1ccccc1Nc1ccc(NC(=O)c2cnc3n2CCNC3)cc1. The largest absolute Gasteiger partial charge is 0.495 e. The molecule has 0 fully saturated rings. The standard InChI is InChI=1S/C20H21N5O2/c1-27-18-5-3-2-4-16(18)23-14-6-8-15(9-7-14)24-20(26)17-12-22-19-13-21-10-11-25(17)19/h2-9,12,21,23H,10-11,13H2,1H3,(H,24,26). The zero-order valence-corrected chi connectivity index (χ0v) is 15.0. The molecule has 0 saturated carbocycles. The van der Waals surface area contributed by atoms with E-state index in [1.165, 1.54) is 0 Å². The van der Waals surface area contributed by atoms with Gasteiger partial charge in [-0.1, -0.05) is 12.1 Å². The second-order valence-electron chi connectivity index (χ2n) is 6.24. The number of amides is 1. The highest BCUT2D eigenvalue weighted by atomic mass is 16.5. The molecule has 3 aromatic rings. The number of aromatic nitrogens is 2. The molecule has 138 valence electrons. The molecule has 0 radical (unpaired) electrons. The van der Waals surface area contributed by atoms with Gasteiger partial charge >= 0.3 is 0 Å². The maximum Gasteiger partial charge on any atom is 0.273 e. The van der Waals surface area contributed by atoms with Crippen molar-refractivity contribution in [3.8, 4) is 5.75 Å². The minimum atomic E-state index is -0.152. The number of fused-ring (bicyclic) bond motifs is 1. The minimum Gasteiger partial charge on any atom is -0.495 e. The first-order chi connectivity index (χ1) is 13.2. The Bertz CT molecular complexity index is 949. The van der Waals surface area contributed by atoms with Gasteiger partial charge in [-0.15, -0.1) is 0 Å². The van der Waals surface area contributed by atoms with Crippen LogP contribution in [-0.4, -0.2) is 29.1 Å². The Morgan fingerprint density at radius 1 is 1.15 bits per heavy atom. The number of carbonyl (C=O) groups is 1. The van der Waals surface area contributed by atoms with E-state index in [1.54, 1.807) is 13.3 Å². The number of hydrogen-bond donors (Lipinski definition) is 3. The summed E-state index contributed by atoms with van der Waals surface area (Å²) < 4.78 is 7.31. The van der Waals surface area contributed by atoms with Crippen LogP contribution in [0, 0.1) is 0 Å². The third kappa shape index (κ3) is 3.63. The lowest BCUT2D eigenvalue weighted by molar-refractivity contribution is 0.101. The third-order valence-corrected chi connectivity index (χ3v) is 4.49. The molecule has 7 nitrogen and oxygen atoms in total. The van der Waals surface area contributed by atoms with Crippen molar-refractivity contribution >= 4 is 23.0 Å². The van der Waals surface area contributed by atoms with Gasteiger partial charge in [-0.3, -0.25) is 4.79 Å².